The number of methoxy groups -OCH3 is 1. The van der Waals surface area contributed by atoms with Gasteiger partial charge in [0.2, 0.25) is 5.91 Å². The van der Waals surface area contributed by atoms with E-state index in [0.717, 1.165) is 92.4 Å². The van der Waals surface area contributed by atoms with Gasteiger partial charge in [0.15, 0.2) is 11.9 Å². The molecular weight excluding hydrogens is 699 g/mol. The van der Waals surface area contributed by atoms with Gasteiger partial charge in [-0.3, -0.25) is 39.5 Å². The van der Waals surface area contributed by atoms with Crippen molar-refractivity contribution >= 4 is 40.9 Å². The molecule has 0 aliphatic carbocycles. The molecule has 286 valence electrons. The Bertz CT molecular complexity index is 2020. The Hall–Kier alpha value is -5.57. The number of urea groups is 1. The maximum Gasteiger partial charge on any atom is 0.328 e. The molecule has 0 saturated carbocycles. The van der Waals surface area contributed by atoms with Crippen LogP contribution in [0.1, 0.15) is 58.1 Å². The van der Waals surface area contributed by atoms with Crippen LogP contribution in [0, 0.1) is 0 Å². The Morgan fingerprint density at radius 3 is 2.36 bits per heavy atom. The number of rotatable bonds is 10. The number of fused-ring (bicyclic) bond motifs is 1. The largest absolute Gasteiger partial charge is 0.371 e. The number of H-pyrrole nitrogens is 1. The van der Waals surface area contributed by atoms with Gasteiger partial charge >= 0.3 is 6.03 Å². The number of nitrogens with zero attached hydrogens (tertiary/aromatic N) is 6. The molecule has 1 aromatic heterocycles. The highest BCUT2D eigenvalue weighted by molar-refractivity contribution is 6.06. The standard InChI is InChI=1S/C41H47N9O5/c1-55-37(29-7-3-2-4-8-29)40(53)49-26-34-35(27-49)44-45-38(34)43-39(52)30-10-12-31(13-11-30)47-17-14-32(15-18-47)48-22-20-46(21-23-48)25-28-6-5-9-33(24-28)50-19-16-36(51)42-41(50)54/h2-13,24,32,37H,14-23,25-27H2,1H3,(H,42,51,54)(H2,43,44,45,52)/t37-/m1/s1. The highest BCUT2D eigenvalue weighted by Gasteiger charge is 2.34. The van der Waals surface area contributed by atoms with Gasteiger partial charge in [-0.2, -0.15) is 5.10 Å². The van der Waals surface area contributed by atoms with Crippen LogP contribution in [0.2, 0.25) is 0 Å². The third-order valence-corrected chi connectivity index (χ3v) is 11.3. The number of hydrogen-bond acceptors (Lipinski definition) is 9. The molecule has 0 radical (unpaired) electrons. The molecule has 3 aromatic carbocycles. The van der Waals surface area contributed by atoms with Crippen molar-refractivity contribution in [3.63, 3.8) is 0 Å². The average Bonchev–Trinajstić information content (AvgIpc) is 3.81. The summed E-state index contributed by atoms with van der Waals surface area (Å²) in [5.74, 6) is -0.173. The highest BCUT2D eigenvalue weighted by atomic mass is 16.5. The molecule has 4 aliphatic heterocycles. The van der Waals surface area contributed by atoms with Crippen molar-refractivity contribution < 1.29 is 23.9 Å². The van der Waals surface area contributed by atoms with Gasteiger partial charge in [-0.25, -0.2) is 4.79 Å². The summed E-state index contributed by atoms with van der Waals surface area (Å²) in [6, 6.07) is 25.4. The van der Waals surface area contributed by atoms with E-state index in [1.165, 1.54) is 7.11 Å². The number of benzene rings is 3. The summed E-state index contributed by atoms with van der Waals surface area (Å²) < 4.78 is 5.56. The lowest BCUT2D eigenvalue weighted by Crippen LogP contribution is -2.53. The van der Waals surface area contributed by atoms with Crippen LogP contribution in [-0.4, -0.2) is 108 Å². The molecule has 5 heterocycles. The third kappa shape index (κ3) is 7.97. The Balaban J connectivity index is 0.787. The lowest BCUT2D eigenvalue weighted by Gasteiger charge is -2.43. The van der Waals surface area contributed by atoms with E-state index in [0.29, 0.717) is 43.5 Å². The Morgan fingerprint density at radius 2 is 1.64 bits per heavy atom. The maximum absolute atomic E-state index is 13.3. The number of aromatic nitrogens is 2. The number of aromatic amines is 1. The second-order valence-electron chi connectivity index (χ2n) is 14.7. The first kappa shape index (κ1) is 36.4. The summed E-state index contributed by atoms with van der Waals surface area (Å²) in [6.45, 7) is 7.90. The van der Waals surface area contributed by atoms with Crippen LogP contribution in [0.15, 0.2) is 78.9 Å². The van der Waals surface area contributed by atoms with Crippen molar-refractivity contribution in [2.45, 2.75) is 51.0 Å². The predicted octanol–water partition coefficient (Wildman–Crippen LogP) is 4.12. The quantitative estimate of drug-likeness (QED) is 0.218. The number of piperidine rings is 1. The molecule has 1 atom stereocenters. The number of imide groups is 1. The van der Waals surface area contributed by atoms with E-state index in [-0.39, 0.29) is 23.8 Å². The summed E-state index contributed by atoms with van der Waals surface area (Å²) in [5.41, 5.74) is 6.05. The number of hydrogen-bond donors (Lipinski definition) is 3. The van der Waals surface area contributed by atoms with E-state index in [1.807, 2.05) is 66.7 Å². The molecule has 4 aliphatic rings. The van der Waals surface area contributed by atoms with E-state index in [2.05, 4.69) is 47.7 Å². The molecule has 8 rings (SSSR count). The van der Waals surface area contributed by atoms with Crippen LogP contribution in [0.3, 0.4) is 0 Å². The molecule has 3 fully saturated rings. The number of anilines is 3. The lowest BCUT2D eigenvalue weighted by molar-refractivity contribution is -0.143. The van der Waals surface area contributed by atoms with E-state index in [9.17, 15) is 19.2 Å². The fourth-order valence-electron chi connectivity index (χ4n) is 8.24. The second kappa shape index (κ2) is 16.0. The van der Waals surface area contributed by atoms with Crippen molar-refractivity contribution in [1.82, 2.24) is 30.2 Å². The normalized spacial score (nSPS) is 19.0. The molecule has 0 bridgehead atoms. The Labute approximate surface area is 320 Å². The fraction of sp³-hybridized carbons (Fsp3) is 0.390. The zero-order chi connectivity index (χ0) is 37.9. The summed E-state index contributed by atoms with van der Waals surface area (Å²) in [4.78, 5) is 61.4. The molecule has 0 unspecified atom stereocenters. The van der Waals surface area contributed by atoms with Gasteiger partial charge in [0.05, 0.1) is 18.8 Å². The number of ether oxygens (including phenoxy) is 1. The molecule has 5 amide bonds. The average molecular weight is 746 g/mol. The number of carbonyl (C=O) groups is 4. The van der Waals surface area contributed by atoms with Crippen LogP contribution >= 0.6 is 0 Å². The van der Waals surface area contributed by atoms with Crippen LogP contribution in [0.5, 0.6) is 0 Å². The fourth-order valence-corrected chi connectivity index (χ4v) is 8.24. The predicted molar refractivity (Wildman–Crippen MR) is 207 cm³/mol. The van der Waals surface area contributed by atoms with E-state index < -0.39 is 6.10 Å². The van der Waals surface area contributed by atoms with Crippen molar-refractivity contribution in [3.05, 3.63) is 107 Å². The molecule has 4 aromatic rings. The van der Waals surface area contributed by atoms with Crippen molar-refractivity contribution in [2.75, 3.05) is 68.0 Å². The summed E-state index contributed by atoms with van der Waals surface area (Å²) in [5, 5.41) is 12.7. The minimum atomic E-state index is -0.702. The van der Waals surface area contributed by atoms with Crippen LogP contribution in [-0.2, 0) is 34.0 Å². The zero-order valence-electron chi connectivity index (χ0n) is 31.1. The van der Waals surface area contributed by atoms with Gasteiger partial charge in [-0.1, -0.05) is 42.5 Å². The van der Waals surface area contributed by atoms with Crippen molar-refractivity contribution in [3.8, 4) is 0 Å². The molecule has 3 N–H and O–H groups in total. The van der Waals surface area contributed by atoms with Gasteiger partial charge in [0.25, 0.3) is 11.8 Å². The first-order chi connectivity index (χ1) is 26.8. The number of nitrogens with one attached hydrogen (secondary N) is 3. The minimum absolute atomic E-state index is 0.139. The van der Waals surface area contributed by atoms with Gasteiger partial charge < -0.3 is 19.9 Å². The number of carbonyl (C=O) groups excluding carboxylic acids is 4. The summed E-state index contributed by atoms with van der Waals surface area (Å²) in [7, 11) is 1.53. The van der Waals surface area contributed by atoms with Crippen LogP contribution in [0.4, 0.5) is 22.0 Å². The zero-order valence-corrected chi connectivity index (χ0v) is 31.1. The van der Waals surface area contributed by atoms with Crippen LogP contribution < -0.4 is 20.4 Å². The first-order valence-corrected chi connectivity index (χ1v) is 19.1. The molecule has 14 heteroatoms. The SMILES string of the molecule is CO[C@@H](C(=O)N1Cc2[nH]nc(NC(=O)c3ccc(N4CCC(N5CCN(Cc6cccc(N7CCC(=O)NC7=O)c6)CC5)CC4)cc3)c2C1)c1ccccc1. The molecule has 14 nitrogen and oxygen atoms in total. The molecule has 0 spiro atoms. The topological polar surface area (TPSA) is 146 Å². The summed E-state index contributed by atoms with van der Waals surface area (Å²) in [6.07, 6.45) is 1.79. The van der Waals surface area contributed by atoms with Gasteiger partial charge in [0, 0.05) is 94.4 Å². The van der Waals surface area contributed by atoms with Crippen molar-refractivity contribution in [1.29, 1.82) is 0 Å². The smallest absolute Gasteiger partial charge is 0.328 e. The van der Waals surface area contributed by atoms with Gasteiger partial charge in [-0.05, 0) is 60.4 Å². The number of amides is 5. The van der Waals surface area contributed by atoms with Gasteiger partial charge in [-0.15, -0.1) is 0 Å². The first-order valence-electron chi connectivity index (χ1n) is 19.1. The molecular formula is C41H47N9O5. The Kier molecular flexibility index (Phi) is 10.6. The minimum Gasteiger partial charge on any atom is -0.371 e. The van der Waals surface area contributed by atoms with E-state index in [1.54, 1.807) is 9.80 Å². The Morgan fingerprint density at radius 1 is 0.873 bits per heavy atom. The van der Waals surface area contributed by atoms with Gasteiger partial charge in [0.1, 0.15) is 0 Å². The molecule has 55 heavy (non-hydrogen) atoms. The highest BCUT2D eigenvalue weighted by Crippen LogP contribution is 2.31. The monoisotopic (exact) mass is 745 g/mol. The molecule has 3 saturated heterocycles. The van der Waals surface area contributed by atoms with Crippen LogP contribution in [0.25, 0.3) is 0 Å². The van der Waals surface area contributed by atoms with E-state index in [4.69, 9.17) is 4.74 Å². The third-order valence-electron chi connectivity index (χ3n) is 11.3. The number of piperazine rings is 1. The second-order valence-corrected chi connectivity index (χ2v) is 14.7. The maximum atomic E-state index is 13.3. The summed E-state index contributed by atoms with van der Waals surface area (Å²) >= 11 is 0. The lowest BCUT2D eigenvalue weighted by atomic mass is 10.0. The van der Waals surface area contributed by atoms with E-state index >= 15 is 0 Å². The van der Waals surface area contributed by atoms with Crippen molar-refractivity contribution in [2.24, 2.45) is 0 Å².